The van der Waals surface area contributed by atoms with Crippen LogP contribution < -0.4 is 0 Å². The molecule has 1 aliphatic rings. The fraction of sp³-hybridized carbons (Fsp3) is 0.500. The maximum absolute atomic E-state index is 13.5. The molecule has 0 radical (unpaired) electrons. The van der Waals surface area contributed by atoms with Gasteiger partial charge in [-0.25, -0.2) is 18.8 Å². The highest BCUT2D eigenvalue weighted by Crippen LogP contribution is 2.37. The molecular formula is C16H14ClF6N3O4. The molecule has 14 heteroatoms. The summed E-state index contributed by atoms with van der Waals surface area (Å²) >= 11 is 5.87. The number of ether oxygens (including phenoxy) is 4. The van der Waals surface area contributed by atoms with Crippen molar-refractivity contribution in [3.05, 3.63) is 47.5 Å². The molecule has 166 valence electrons. The molecule has 0 aliphatic carbocycles. The molecule has 7 nitrogen and oxygen atoms in total. The van der Waals surface area contributed by atoms with E-state index in [0.717, 1.165) is 0 Å². The fourth-order valence-electron chi connectivity index (χ4n) is 2.66. The number of alkyl halides is 6. The second-order valence-electron chi connectivity index (χ2n) is 6.16. The van der Waals surface area contributed by atoms with Gasteiger partial charge in [0.05, 0.1) is 13.2 Å². The molecule has 1 aromatic heterocycles. The van der Waals surface area contributed by atoms with Gasteiger partial charge in [0.2, 0.25) is 5.79 Å². The Kier molecular flexibility index (Phi) is 6.57. The Morgan fingerprint density at radius 1 is 1.23 bits per heavy atom. The standard InChI is InChI=1S/C16H14ClF6N3O4/c17-11-3-1-10(2-4-11)14(7-26-9-24-8-25-26)27-5-12(29-14)6-28-15(19,20)13(18)30-16(21,22)23/h1-4,8-9,12-13H,5-7H2. The summed E-state index contributed by atoms with van der Waals surface area (Å²) in [6.07, 6.45) is -13.0. The summed E-state index contributed by atoms with van der Waals surface area (Å²) in [5.74, 6) is -1.50. The number of hydrogen-bond acceptors (Lipinski definition) is 6. The first kappa shape index (κ1) is 22.7. The SMILES string of the molecule is FC(OC(F)(F)F)C(F)(F)OCC1COC(Cn2cncn2)(c2ccc(Cl)cc2)O1. The van der Waals surface area contributed by atoms with Crippen LogP contribution in [-0.2, 0) is 31.3 Å². The van der Waals surface area contributed by atoms with E-state index in [-0.39, 0.29) is 13.2 Å². The van der Waals surface area contributed by atoms with Crippen molar-refractivity contribution in [3.8, 4) is 0 Å². The largest absolute Gasteiger partial charge is 0.525 e. The molecule has 0 saturated carbocycles. The van der Waals surface area contributed by atoms with Crippen molar-refractivity contribution in [2.75, 3.05) is 13.2 Å². The maximum Gasteiger partial charge on any atom is 0.525 e. The summed E-state index contributed by atoms with van der Waals surface area (Å²) < 4.78 is 95.5. The van der Waals surface area contributed by atoms with Crippen LogP contribution in [-0.4, -0.2) is 52.9 Å². The Hall–Kier alpha value is -1.93. The first-order valence-electron chi connectivity index (χ1n) is 8.30. The Balaban J connectivity index is 1.69. The van der Waals surface area contributed by atoms with Crippen LogP contribution in [0.25, 0.3) is 0 Å². The van der Waals surface area contributed by atoms with Crippen LogP contribution in [0.3, 0.4) is 0 Å². The van der Waals surface area contributed by atoms with E-state index < -0.39 is 37.3 Å². The average molecular weight is 462 g/mol. The van der Waals surface area contributed by atoms with Gasteiger partial charge in [-0.05, 0) is 12.1 Å². The van der Waals surface area contributed by atoms with E-state index in [1.807, 2.05) is 0 Å². The summed E-state index contributed by atoms with van der Waals surface area (Å²) in [6, 6.07) is 6.25. The van der Waals surface area contributed by atoms with Crippen LogP contribution in [0.15, 0.2) is 36.9 Å². The topological polar surface area (TPSA) is 67.6 Å². The predicted octanol–water partition coefficient (Wildman–Crippen LogP) is 3.64. The van der Waals surface area contributed by atoms with E-state index in [1.165, 1.54) is 17.3 Å². The summed E-state index contributed by atoms with van der Waals surface area (Å²) in [5.41, 5.74) is 0.459. The lowest BCUT2D eigenvalue weighted by molar-refractivity contribution is -0.424. The molecule has 2 aromatic rings. The number of benzene rings is 1. The van der Waals surface area contributed by atoms with Crippen molar-refractivity contribution in [2.45, 2.75) is 37.3 Å². The minimum atomic E-state index is -5.60. The lowest BCUT2D eigenvalue weighted by atomic mass is 10.1. The third-order valence-corrected chi connectivity index (χ3v) is 4.20. The molecule has 3 unspecified atom stereocenters. The van der Waals surface area contributed by atoms with Crippen LogP contribution in [0.5, 0.6) is 0 Å². The van der Waals surface area contributed by atoms with Gasteiger partial charge in [-0.3, -0.25) is 0 Å². The molecule has 0 bridgehead atoms. The molecule has 2 heterocycles. The van der Waals surface area contributed by atoms with E-state index in [2.05, 4.69) is 19.6 Å². The summed E-state index contributed by atoms with van der Waals surface area (Å²) in [7, 11) is 0. The van der Waals surface area contributed by atoms with Gasteiger partial charge >= 0.3 is 12.5 Å². The second-order valence-corrected chi connectivity index (χ2v) is 6.59. The Bertz CT molecular complexity index is 823. The number of aromatic nitrogens is 3. The minimum Gasteiger partial charge on any atom is -0.342 e. The highest BCUT2D eigenvalue weighted by atomic mass is 35.5. The molecule has 0 spiro atoms. The molecular weight excluding hydrogens is 448 g/mol. The zero-order chi connectivity index (χ0) is 22.0. The number of nitrogens with zero attached hydrogens (tertiary/aromatic N) is 3. The van der Waals surface area contributed by atoms with E-state index in [9.17, 15) is 26.3 Å². The van der Waals surface area contributed by atoms with E-state index in [0.29, 0.717) is 10.6 Å². The van der Waals surface area contributed by atoms with E-state index in [4.69, 9.17) is 21.1 Å². The van der Waals surface area contributed by atoms with Gasteiger partial charge in [0.25, 0.3) is 6.36 Å². The second kappa shape index (κ2) is 8.67. The van der Waals surface area contributed by atoms with Gasteiger partial charge < -0.3 is 14.2 Å². The van der Waals surface area contributed by atoms with Gasteiger partial charge in [0, 0.05) is 10.6 Å². The highest BCUT2D eigenvalue weighted by Gasteiger charge is 2.51. The summed E-state index contributed by atoms with van der Waals surface area (Å²) in [6.45, 7) is -1.28. The highest BCUT2D eigenvalue weighted by molar-refractivity contribution is 6.30. The predicted molar refractivity (Wildman–Crippen MR) is 86.9 cm³/mol. The normalized spacial score (nSPS) is 23.6. The van der Waals surface area contributed by atoms with Crippen molar-refractivity contribution >= 4 is 11.6 Å². The smallest absolute Gasteiger partial charge is 0.342 e. The van der Waals surface area contributed by atoms with E-state index in [1.54, 1.807) is 24.3 Å². The van der Waals surface area contributed by atoms with Crippen molar-refractivity contribution < 1.29 is 45.3 Å². The summed E-state index contributed by atoms with van der Waals surface area (Å²) in [4.78, 5) is 3.79. The first-order chi connectivity index (χ1) is 14.0. The minimum absolute atomic E-state index is 0.0373. The number of hydrogen-bond donors (Lipinski definition) is 0. The Labute approximate surface area is 170 Å². The molecule has 30 heavy (non-hydrogen) atoms. The lowest BCUT2D eigenvalue weighted by Crippen LogP contribution is -2.41. The zero-order valence-electron chi connectivity index (χ0n) is 14.9. The molecule has 1 saturated heterocycles. The van der Waals surface area contributed by atoms with Gasteiger partial charge in [-0.2, -0.15) is 13.9 Å². The van der Waals surface area contributed by atoms with Crippen LogP contribution in [0.1, 0.15) is 5.56 Å². The van der Waals surface area contributed by atoms with Gasteiger partial charge in [-0.15, -0.1) is 13.2 Å². The van der Waals surface area contributed by atoms with Crippen LogP contribution >= 0.6 is 11.6 Å². The van der Waals surface area contributed by atoms with Crippen LogP contribution in [0.2, 0.25) is 5.02 Å². The van der Waals surface area contributed by atoms with Crippen LogP contribution in [0.4, 0.5) is 26.3 Å². The lowest BCUT2D eigenvalue weighted by Gasteiger charge is -2.29. The fourth-order valence-corrected chi connectivity index (χ4v) is 2.79. The van der Waals surface area contributed by atoms with Crippen molar-refractivity contribution in [3.63, 3.8) is 0 Å². The first-order valence-corrected chi connectivity index (χ1v) is 8.67. The summed E-state index contributed by atoms with van der Waals surface area (Å²) in [5, 5.41) is 4.35. The third-order valence-electron chi connectivity index (χ3n) is 3.94. The van der Waals surface area contributed by atoms with Gasteiger partial charge in [-0.1, -0.05) is 23.7 Å². The van der Waals surface area contributed by atoms with Crippen LogP contribution in [0, 0.1) is 0 Å². The molecule has 1 aliphatic heterocycles. The van der Waals surface area contributed by atoms with Gasteiger partial charge in [0.15, 0.2) is 0 Å². The number of halogens is 7. The zero-order valence-corrected chi connectivity index (χ0v) is 15.6. The van der Waals surface area contributed by atoms with E-state index >= 15 is 0 Å². The van der Waals surface area contributed by atoms with Gasteiger partial charge in [0.1, 0.15) is 25.3 Å². The molecule has 3 atom stereocenters. The molecule has 0 amide bonds. The third kappa shape index (κ3) is 5.60. The molecule has 1 fully saturated rings. The Morgan fingerprint density at radius 3 is 2.53 bits per heavy atom. The van der Waals surface area contributed by atoms with Crippen molar-refractivity contribution in [2.24, 2.45) is 0 Å². The molecule has 1 aromatic carbocycles. The monoisotopic (exact) mass is 461 g/mol. The molecule has 0 N–H and O–H groups in total. The molecule has 3 rings (SSSR count). The Morgan fingerprint density at radius 2 is 1.93 bits per heavy atom. The average Bonchev–Trinajstić information content (AvgIpc) is 3.30. The van der Waals surface area contributed by atoms with Crippen molar-refractivity contribution in [1.82, 2.24) is 14.8 Å². The number of rotatable bonds is 8. The maximum atomic E-state index is 13.5. The quantitative estimate of drug-likeness (QED) is 0.559. The van der Waals surface area contributed by atoms with Crippen molar-refractivity contribution in [1.29, 1.82) is 0 Å².